The molecule has 2 rings (SSSR count). The number of benzene rings is 2. The van der Waals surface area contributed by atoms with Gasteiger partial charge >= 0.3 is 0 Å². The van der Waals surface area contributed by atoms with Crippen molar-refractivity contribution in [3.8, 4) is 0 Å². The molecule has 0 spiro atoms. The first-order valence-electron chi connectivity index (χ1n) is 7.47. The van der Waals surface area contributed by atoms with E-state index >= 15 is 0 Å². The molecule has 2 aromatic rings. The Morgan fingerprint density at radius 3 is 2.60 bits per heavy atom. The van der Waals surface area contributed by atoms with E-state index in [4.69, 9.17) is 10.9 Å². The number of nitrogens with zero attached hydrogens (tertiary/aromatic N) is 1. The van der Waals surface area contributed by atoms with Crippen molar-refractivity contribution < 1.29 is 14.4 Å². The average Bonchev–Trinajstić information content (AvgIpc) is 2.62. The number of anilines is 1. The quantitative estimate of drug-likeness (QED) is 0.164. The van der Waals surface area contributed by atoms with E-state index in [9.17, 15) is 9.18 Å². The maximum atomic E-state index is 13.6. The van der Waals surface area contributed by atoms with Gasteiger partial charge in [0.1, 0.15) is 11.5 Å². The Kier molecular flexibility index (Phi) is 7.62. The summed E-state index contributed by atoms with van der Waals surface area (Å²) in [4.78, 5) is 13.1. The van der Waals surface area contributed by atoms with Gasteiger partial charge in [0.15, 0.2) is 0 Å². The predicted molar refractivity (Wildman–Crippen MR) is 102 cm³/mol. The lowest BCUT2D eigenvalue weighted by molar-refractivity contribution is -0.114. The molecule has 5 nitrogen and oxygen atoms in total. The fraction of sp³-hybridized carbons (Fsp3) is 0.176. The second-order valence-corrected chi connectivity index (χ2v) is 7.53. The van der Waals surface area contributed by atoms with Crippen LogP contribution < -0.4 is 11.1 Å². The number of halogens is 1. The van der Waals surface area contributed by atoms with E-state index in [-0.39, 0.29) is 12.1 Å². The third kappa shape index (κ3) is 6.32. The molecule has 25 heavy (non-hydrogen) atoms. The van der Waals surface area contributed by atoms with Crippen LogP contribution in [0.5, 0.6) is 0 Å². The van der Waals surface area contributed by atoms with Crippen LogP contribution in [0, 0.1) is 5.82 Å². The maximum absolute atomic E-state index is 13.6. The molecule has 132 valence electrons. The Morgan fingerprint density at radius 1 is 1.20 bits per heavy atom. The van der Waals surface area contributed by atoms with Gasteiger partial charge in [0, 0.05) is 29.3 Å². The number of nitrogens with one attached hydrogen (secondary N) is 1. The lowest BCUT2D eigenvalue weighted by Gasteiger charge is -2.07. The van der Waals surface area contributed by atoms with Gasteiger partial charge in [-0.15, -0.1) is 0 Å². The van der Waals surface area contributed by atoms with E-state index in [1.165, 1.54) is 6.07 Å². The molecule has 0 bridgehead atoms. The maximum Gasteiger partial charge on any atom is 0.269 e. The predicted octanol–water partition coefficient (Wildman–Crippen LogP) is 3.34. The highest BCUT2D eigenvalue weighted by Gasteiger charge is 2.14. The Balaban J connectivity index is 1.73. The summed E-state index contributed by atoms with van der Waals surface area (Å²) in [5.74, 6) is -0.283. The molecule has 0 fully saturated rings. The first kappa shape index (κ1) is 19.1. The molecule has 0 unspecified atom stereocenters. The molecular weight excluding hydrogens is 361 g/mol. The number of hydrogen-bond acceptors (Lipinski definition) is 6. The third-order valence-electron chi connectivity index (χ3n) is 3.20. The van der Waals surface area contributed by atoms with E-state index < -0.39 is 11.7 Å². The summed E-state index contributed by atoms with van der Waals surface area (Å²) in [5, 5.41) is 14.7. The van der Waals surface area contributed by atoms with Gasteiger partial charge in [0.05, 0.1) is 0 Å². The van der Waals surface area contributed by atoms with Crippen LogP contribution in [-0.4, -0.2) is 29.1 Å². The number of carbonyl (C=O) groups excluding carboxylic acids is 1. The highest BCUT2D eigenvalue weighted by Crippen LogP contribution is 2.30. The van der Waals surface area contributed by atoms with Crippen LogP contribution in [0.4, 0.5) is 10.1 Å². The number of rotatable bonds is 8. The molecular formula is C17H18FN3O2S2. The Bertz CT molecular complexity index is 739. The number of amides is 1. The van der Waals surface area contributed by atoms with E-state index in [0.29, 0.717) is 23.5 Å². The van der Waals surface area contributed by atoms with Crippen molar-refractivity contribution in [3.63, 3.8) is 0 Å². The first-order chi connectivity index (χ1) is 12.1. The summed E-state index contributed by atoms with van der Waals surface area (Å²) in [6, 6.07) is 13.6. The summed E-state index contributed by atoms with van der Waals surface area (Å²) in [6.45, 7) is 0.405. The van der Waals surface area contributed by atoms with Crippen LogP contribution in [0.1, 0.15) is 5.56 Å². The summed E-state index contributed by atoms with van der Waals surface area (Å²) >= 11 is 0. The summed E-state index contributed by atoms with van der Waals surface area (Å²) in [5.41, 5.74) is 6.52. The topological polar surface area (TPSA) is 87.7 Å². The highest BCUT2D eigenvalue weighted by atomic mass is 33.1. The zero-order valence-electron chi connectivity index (χ0n) is 13.3. The Hall–Kier alpha value is -2.19. The first-order valence-corrected chi connectivity index (χ1v) is 9.79. The lowest BCUT2D eigenvalue weighted by atomic mass is 10.1. The molecule has 0 atom stereocenters. The van der Waals surface area contributed by atoms with Gasteiger partial charge in [-0.25, -0.2) is 4.39 Å². The van der Waals surface area contributed by atoms with E-state index in [1.54, 1.807) is 39.8 Å². The van der Waals surface area contributed by atoms with E-state index in [2.05, 4.69) is 10.5 Å². The number of nitrogens with two attached hydrogens (primary N) is 1. The number of carbonyl (C=O) groups is 1. The van der Waals surface area contributed by atoms with E-state index in [0.717, 1.165) is 4.90 Å². The molecule has 0 aliphatic rings. The van der Waals surface area contributed by atoms with Crippen LogP contribution >= 0.6 is 21.6 Å². The smallest absolute Gasteiger partial charge is 0.269 e. The summed E-state index contributed by atoms with van der Waals surface area (Å²) in [6.07, 6.45) is -0.0671. The summed E-state index contributed by atoms with van der Waals surface area (Å²) < 4.78 is 13.6. The average molecular weight is 379 g/mol. The second kappa shape index (κ2) is 9.95. The van der Waals surface area contributed by atoms with Gasteiger partial charge in [-0.05, 0) is 35.9 Å². The van der Waals surface area contributed by atoms with Gasteiger partial charge in [-0.1, -0.05) is 44.9 Å². The van der Waals surface area contributed by atoms with Crippen molar-refractivity contribution in [2.75, 3.05) is 18.0 Å². The fourth-order valence-corrected chi connectivity index (χ4v) is 3.82. The standard InChI is InChI=1S/C17H18FN3O2S2/c18-15-4-2-1-3-12(15)11-16(21-23)17(22)20-9-10-24-25-14-7-5-13(19)6-8-14/h1-8,23H,9-11,19H2,(H,20,22)/b21-16+. The molecule has 0 aromatic heterocycles. The van der Waals surface area contributed by atoms with Crippen LogP contribution in [0.25, 0.3) is 0 Å². The van der Waals surface area contributed by atoms with Gasteiger partial charge in [-0.2, -0.15) is 0 Å². The van der Waals surface area contributed by atoms with Crippen molar-refractivity contribution >= 4 is 38.9 Å². The number of oxime groups is 1. The van der Waals surface area contributed by atoms with Crippen molar-refractivity contribution in [2.24, 2.45) is 5.16 Å². The van der Waals surface area contributed by atoms with Crippen molar-refractivity contribution in [2.45, 2.75) is 11.3 Å². The molecule has 0 heterocycles. The molecule has 0 saturated carbocycles. The molecule has 0 aliphatic heterocycles. The molecule has 4 N–H and O–H groups in total. The van der Waals surface area contributed by atoms with Crippen LogP contribution in [0.15, 0.2) is 58.6 Å². The Labute approximate surface area is 153 Å². The normalized spacial score (nSPS) is 11.3. The molecule has 0 saturated heterocycles. The molecule has 0 radical (unpaired) electrons. The van der Waals surface area contributed by atoms with Crippen LogP contribution in [0.2, 0.25) is 0 Å². The van der Waals surface area contributed by atoms with Gasteiger partial charge < -0.3 is 16.3 Å². The molecule has 0 aliphatic carbocycles. The summed E-state index contributed by atoms with van der Waals surface area (Å²) in [7, 11) is 3.16. The van der Waals surface area contributed by atoms with Crippen molar-refractivity contribution in [1.82, 2.24) is 5.32 Å². The van der Waals surface area contributed by atoms with Crippen molar-refractivity contribution in [3.05, 3.63) is 59.9 Å². The zero-order chi connectivity index (χ0) is 18.1. The van der Waals surface area contributed by atoms with Gasteiger partial charge in [0.25, 0.3) is 5.91 Å². The fourth-order valence-electron chi connectivity index (χ4n) is 1.92. The largest absolute Gasteiger partial charge is 0.410 e. The third-order valence-corrected chi connectivity index (χ3v) is 5.59. The lowest BCUT2D eigenvalue weighted by Crippen LogP contribution is -2.34. The minimum atomic E-state index is -0.510. The Morgan fingerprint density at radius 2 is 1.92 bits per heavy atom. The number of hydrogen-bond donors (Lipinski definition) is 3. The van der Waals surface area contributed by atoms with Gasteiger partial charge in [0.2, 0.25) is 0 Å². The van der Waals surface area contributed by atoms with Crippen molar-refractivity contribution in [1.29, 1.82) is 0 Å². The SMILES string of the molecule is Nc1ccc(SSCCNC(=O)/C(Cc2ccccc2F)=N/O)cc1. The van der Waals surface area contributed by atoms with Crippen LogP contribution in [-0.2, 0) is 11.2 Å². The van der Waals surface area contributed by atoms with E-state index in [1.807, 2.05) is 24.3 Å². The monoisotopic (exact) mass is 379 g/mol. The minimum Gasteiger partial charge on any atom is -0.410 e. The molecule has 1 amide bonds. The van der Waals surface area contributed by atoms with Gasteiger partial charge in [-0.3, -0.25) is 4.79 Å². The second-order valence-electron chi connectivity index (χ2n) is 5.05. The minimum absolute atomic E-state index is 0.0671. The molecule has 2 aromatic carbocycles. The van der Waals surface area contributed by atoms with Crippen LogP contribution in [0.3, 0.4) is 0 Å². The zero-order valence-corrected chi connectivity index (χ0v) is 14.9. The number of nitrogen functional groups attached to an aromatic ring is 1. The molecule has 8 heteroatoms. The highest BCUT2D eigenvalue weighted by molar-refractivity contribution is 8.76.